The van der Waals surface area contributed by atoms with Crippen molar-refractivity contribution in [1.29, 1.82) is 0 Å². The van der Waals surface area contributed by atoms with Crippen LogP contribution in [0.2, 0.25) is 0 Å². The van der Waals surface area contributed by atoms with E-state index in [2.05, 4.69) is 5.32 Å². The van der Waals surface area contributed by atoms with E-state index in [4.69, 9.17) is 4.74 Å². The third-order valence-electron chi connectivity index (χ3n) is 5.27. The van der Waals surface area contributed by atoms with Crippen LogP contribution in [0.3, 0.4) is 0 Å². The van der Waals surface area contributed by atoms with Crippen LogP contribution < -0.4 is 5.32 Å². The van der Waals surface area contributed by atoms with Gasteiger partial charge in [-0.05, 0) is 43.9 Å². The van der Waals surface area contributed by atoms with E-state index in [1.54, 1.807) is 6.07 Å². The Balaban J connectivity index is 1.52. The number of fused-ring (bicyclic) bond motifs is 2. The van der Waals surface area contributed by atoms with Crippen molar-refractivity contribution in [1.82, 2.24) is 0 Å². The molecular weight excluding hydrogens is 370 g/mol. The molecule has 2 aliphatic carbocycles. The molecule has 0 spiro atoms. The number of anilines is 1. The fourth-order valence-electron chi connectivity index (χ4n) is 3.93. The lowest BCUT2D eigenvalue weighted by molar-refractivity contribution is -0.155. The number of Topliss-reactive ketones (excluding diaryl/α,β-unsaturated/α-hetero) is 1. The van der Waals surface area contributed by atoms with Gasteiger partial charge in [-0.15, -0.1) is 0 Å². The predicted molar refractivity (Wildman–Crippen MR) is 97.7 cm³/mol. The zero-order chi connectivity index (χ0) is 19.6. The summed E-state index contributed by atoms with van der Waals surface area (Å²) >= 11 is 0. The summed E-state index contributed by atoms with van der Waals surface area (Å²) in [5.41, 5.74) is 0.316. The number of esters is 1. The van der Waals surface area contributed by atoms with E-state index in [0.717, 1.165) is 25.5 Å². The van der Waals surface area contributed by atoms with Gasteiger partial charge in [-0.2, -0.15) is 0 Å². The summed E-state index contributed by atoms with van der Waals surface area (Å²) in [5, 5.41) is 2.52. The predicted octanol–water partition coefficient (Wildman–Crippen LogP) is 1.97. The maximum atomic E-state index is 12.3. The number of carbonyl (C=O) groups excluding carboxylic acids is 3. The van der Waals surface area contributed by atoms with Crippen molar-refractivity contribution in [2.45, 2.75) is 37.0 Å². The van der Waals surface area contributed by atoms with Crippen LogP contribution >= 0.6 is 0 Å². The summed E-state index contributed by atoms with van der Waals surface area (Å²) in [6.45, 7) is -0.443. The Morgan fingerprint density at radius 3 is 2.48 bits per heavy atom. The van der Waals surface area contributed by atoms with E-state index < -0.39 is 28.3 Å². The van der Waals surface area contributed by atoms with Crippen molar-refractivity contribution in [3.05, 3.63) is 24.3 Å². The quantitative estimate of drug-likeness (QED) is 0.767. The molecule has 0 aliphatic heterocycles. The average molecular weight is 393 g/mol. The number of ether oxygens (including phenoxy) is 1. The number of nitrogens with one attached hydrogen (secondary N) is 1. The fraction of sp³-hybridized carbons (Fsp3) is 0.526. The third-order valence-corrected chi connectivity index (χ3v) is 6.38. The largest absolute Gasteiger partial charge is 0.455 e. The molecule has 8 heteroatoms. The molecule has 2 aliphatic rings. The van der Waals surface area contributed by atoms with E-state index in [9.17, 15) is 22.8 Å². The van der Waals surface area contributed by atoms with Crippen LogP contribution in [-0.4, -0.2) is 38.9 Å². The molecule has 2 saturated carbocycles. The van der Waals surface area contributed by atoms with Crippen molar-refractivity contribution in [2.24, 2.45) is 17.8 Å². The van der Waals surface area contributed by atoms with E-state index >= 15 is 0 Å². The summed E-state index contributed by atoms with van der Waals surface area (Å²) < 4.78 is 28.3. The molecule has 1 N–H and O–H groups in total. The summed E-state index contributed by atoms with van der Waals surface area (Å²) in [7, 11) is -3.38. The van der Waals surface area contributed by atoms with E-state index in [0.29, 0.717) is 18.5 Å². The Morgan fingerprint density at radius 2 is 1.85 bits per heavy atom. The first-order valence-electron chi connectivity index (χ1n) is 9.04. The Hall–Kier alpha value is -2.22. The van der Waals surface area contributed by atoms with Crippen LogP contribution in [0.25, 0.3) is 0 Å². The topological polar surface area (TPSA) is 107 Å². The first-order valence-corrected chi connectivity index (χ1v) is 10.9. The monoisotopic (exact) mass is 393 g/mol. The van der Waals surface area contributed by atoms with Gasteiger partial charge in [0.2, 0.25) is 0 Å². The highest BCUT2D eigenvalue weighted by molar-refractivity contribution is 7.90. The number of benzene rings is 1. The van der Waals surface area contributed by atoms with Gasteiger partial charge in [-0.3, -0.25) is 14.4 Å². The Morgan fingerprint density at radius 1 is 1.19 bits per heavy atom. The number of sulfone groups is 1. The van der Waals surface area contributed by atoms with E-state index in [1.165, 1.54) is 18.2 Å². The van der Waals surface area contributed by atoms with Crippen LogP contribution in [0.15, 0.2) is 29.2 Å². The van der Waals surface area contributed by atoms with Crippen molar-refractivity contribution < 1.29 is 27.5 Å². The van der Waals surface area contributed by atoms with Gasteiger partial charge >= 0.3 is 5.97 Å². The van der Waals surface area contributed by atoms with Gasteiger partial charge in [-0.1, -0.05) is 12.5 Å². The summed E-state index contributed by atoms with van der Waals surface area (Å²) in [4.78, 5) is 36.5. The Labute approximate surface area is 158 Å². The van der Waals surface area contributed by atoms with Crippen LogP contribution in [0, 0.1) is 17.8 Å². The molecule has 0 aromatic heterocycles. The molecule has 1 amide bonds. The zero-order valence-electron chi connectivity index (χ0n) is 15.1. The molecule has 0 saturated heterocycles. The Kier molecular flexibility index (Phi) is 5.64. The lowest BCUT2D eigenvalue weighted by Gasteiger charge is -2.36. The molecule has 2 fully saturated rings. The van der Waals surface area contributed by atoms with Gasteiger partial charge in [0, 0.05) is 23.8 Å². The standard InChI is InChI=1S/C19H23NO6S/c1-27(24,25)16-7-3-6-15(10-16)20-17(21)11-26-19(23)14-8-12-4-2-5-13(9-14)18(12)22/h3,6-7,10,12-14H,2,4-5,8-9,11H2,1H3,(H,20,21)/t12-,13+,14?. The summed E-state index contributed by atoms with van der Waals surface area (Å²) in [6, 6.07) is 5.87. The van der Waals surface area contributed by atoms with Gasteiger partial charge in [0.15, 0.2) is 16.4 Å². The molecule has 2 bridgehead atoms. The highest BCUT2D eigenvalue weighted by Crippen LogP contribution is 2.40. The molecule has 1 aromatic carbocycles. The molecule has 3 atom stereocenters. The van der Waals surface area contributed by atoms with Crippen molar-refractivity contribution in [2.75, 3.05) is 18.2 Å². The Bertz CT molecular complexity index is 847. The molecule has 7 nitrogen and oxygen atoms in total. The van der Waals surface area contributed by atoms with Gasteiger partial charge in [0.1, 0.15) is 5.78 Å². The molecule has 1 unspecified atom stereocenters. The van der Waals surface area contributed by atoms with Gasteiger partial charge in [-0.25, -0.2) is 8.42 Å². The van der Waals surface area contributed by atoms with Crippen molar-refractivity contribution in [3.63, 3.8) is 0 Å². The minimum Gasteiger partial charge on any atom is -0.455 e. The van der Waals surface area contributed by atoms with Crippen LogP contribution in [0.5, 0.6) is 0 Å². The minimum atomic E-state index is -3.38. The first kappa shape index (κ1) is 19.5. The lowest BCUT2D eigenvalue weighted by atomic mass is 9.67. The first-order chi connectivity index (χ1) is 12.7. The van der Waals surface area contributed by atoms with Crippen LogP contribution in [-0.2, 0) is 29.0 Å². The molecule has 0 heterocycles. The number of rotatable bonds is 5. The van der Waals surface area contributed by atoms with Crippen LogP contribution in [0.1, 0.15) is 32.1 Å². The van der Waals surface area contributed by atoms with Crippen LogP contribution in [0.4, 0.5) is 5.69 Å². The zero-order valence-corrected chi connectivity index (χ0v) is 16.0. The second-order valence-corrected chi connectivity index (χ2v) is 9.37. The fourth-order valence-corrected chi connectivity index (χ4v) is 4.59. The number of hydrogen-bond donors (Lipinski definition) is 1. The normalized spacial score (nSPS) is 24.9. The van der Waals surface area contributed by atoms with Crippen molar-refractivity contribution in [3.8, 4) is 0 Å². The molecular formula is C19H23NO6S. The third kappa shape index (κ3) is 4.74. The van der Waals surface area contributed by atoms with Gasteiger partial charge in [0.05, 0.1) is 10.8 Å². The number of hydrogen-bond acceptors (Lipinski definition) is 6. The number of ketones is 1. The maximum Gasteiger partial charge on any atom is 0.309 e. The molecule has 3 rings (SSSR count). The molecule has 27 heavy (non-hydrogen) atoms. The summed E-state index contributed by atoms with van der Waals surface area (Å²) in [6.07, 6.45) is 4.78. The highest BCUT2D eigenvalue weighted by Gasteiger charge is 2.41. The second kappa shape index (κ2) is 7.80. The van der Waals surface area contributed by atoms with E-state index in [1.807, 2.05) is 0 Å². The smallest absolute Gasteiger partial charge is 0.309 e. The average Bonchev–Trinajstić information content (AvgIpc) is 2.59. The SMILES string of the molecule is CS(=O)(=O)c1cccc(NC(=O)COC(=O)C2C[C@H]3CCC[C@@H](C2)C3=O)c1. The molecule has 1 aromatic rings. The molecule has 0 radical (unpaired) electrons. The minimum absolute atomic E-state index is 0.0531. The van der Waals surface area contributed by atoms with E-state index in [-0.39, 0.29) is 28.4 Å². The highest BCUT2D eigenvalue weighted by atomic mass is 32.2. The maximum absolute atomic E-state index is 12.3. The number of carbonyl (C=O) groups is 3. The number of amides is 1. The van der Waals surface area contributed by atoms with Gasteiger partial charge in [0.25, 0.3) is 5.91 Å². The molecule has 146 valence electrons. The van der Waals surface area contributed by atoms with Crippen molar-refractivity contribution >= 4 is 33.2 Å². The summed E-state index contributed by atoms with van der Waals surface area (Å²) in [5.74, 6) is -1.15. The second-order valence-electron chi connectivity index (χ2n) is 7.35. The lowest BCUT2D eigenvalue weighted by Crippen LogP contribution is -2.40. The van der Waals surface area contributed by atoms with Gasteiger partial charge < -0.3 is 10.1 Å².